The van der Waals surface area contributed by atoms with E-state index < -0.39 is 26.8 Å². The second-order valence-electron chi connectivity index (χ2n) is 8.65. The Morgan fingerprint density at radius 3 is 2.26 bits per heavy atom. The number of sulfone groups is 1. The summed E-state index contributed by atoms with van der Waals surface area (Å²) in [6.07, 6.45) is 2.02. The third kappa shape index (κ3) is 6.76. The highest BCUT2D eigenvalue weighted by molar-refractivity contribution is 14.0. The minimum atomic E-state index is -4.37. The highest BCUT2D eigenvalue weighted by atomic mass is 127. The molecule has 38 heavy (non-hydrogen) atoms. The fraction of sp³-hybridized carbons (Fsp3) is 0.280. The summed E-state index contributed by atoms with van der Waals surface area (Å²) in [5.74, 6) is -0.772. The molecular formula is C25H30IN5O6S. The van der Waals surface area contributed by atoms with E-state index in [9.17, 15) is 13.2 Å². The highest BCUT2D eigenvalue weighted by Crippen LogP contribution is 2.32. The summed E-state index contributed by atoms with van der Waals surface area (Å²) in [4.78, 5) is 25.8. The molecule has 204 valence electrons. The van der Waals surface area contributed by atoms with Crippen molar-refractivity contribution in [3.63, 3.8) is 0 Å². The van der Waals surface area contributed by atoms with Crippen LogP contribution in [0.4, 0.5) is 4.79 Å². The summed E-state index contributed by atoms with van der Waals surface area (Å²) < 4.78 is 28.2. The van der Waals surface area contributed by atoms with Crippen molar-refractivity contribution in [2.45, 2.75) is 35.4 Å². The summed E-state index contributed by atoms with van der Waals surface area (Å²) in [5, 5.41) is 22.3. The van der Waals surface area contributed by atoms with Gasteiger partial charge in [-0.15, -0.1) is 24.0 Å². The van der Waals surface area contributed by atoms with Gasteiger partial charge in [0.05, 0.1) is 10.4 Å². The quantitative estimate of drug-likeness (QED) is 0.150. The lowest BCUT2D eigenvalue weighted by Crippen LogP contribution is -2.62. The summed E-state index contributed by atoms with van der Waals surface area (Å²) in [7, 11) is -4.37. The van der Waals surface area contributed by atoms with Crippen molar-refractivity contribution >= 4 is 62.6 Å². The number of aromatic nitrogens is 1. The molecule has 1 atom stereocenters. The first-order valence-electron chi connectivity index (χ1n) is 11.5. The van der Waals surface area contributed by atoms with Crippen LogP contribution in [0.15, 0.2) is 65.7 Å². The normalized spacial score (nSPS) is 14.8. The zero-order valence-electron chi connectivity index (χ0n) is 20.4. The van der Waals surface area contributed by atoms with Crippen LogP contribution in [0.3, 0.4) is 0 Å². The largest absolute Gasteiger partial charge is 0.503 e. The molecule has 2 aromatic carbocycles. The number of hydrogen-bond acceptors (Lipinski definition) is 7. The highest BCUT2D eigenvalue weighted by Gasteiger charge is 2.51. The molecule has 0 bridgehead atoms. The SMILES string of the molecule is I.N=C(N)c1cccc(C[C@](N)(C(=O)N2CCCCC2)S(=O)(=O)c2cccc3cccnc23)c1.O=C(O)O. The Labute approximate surface area is 237 Å². The fourth-order valence-electron chi connectivity index (χ4n) is 4.29. The molecule has 11 nitrogen and oxygen atoms in total. The van der Waals surface area contributed by atoms with E-state index in [1.54, 1.807) is 53.4 Å². The number of likely N-dealkylation sites (tertiary alicyclic amines) is 1. The molecular weight excluding hydrogens is 625 g/mol. The summed E-state index contributed by atoms with van der Waals surface area (Å²) in [5.41, 5.74) is 13.5. The average Bonchev–Trinajstić information content (AvgIpc) is 2.88. The molecule has 0 saturated carbocycles. The van der Waals surface area contributed by atoms with Gasteiger partial charge in [0.1, 0.15) is 5.84 Å². The zero-order valence-corrected chi connectivity index (χ0v) is 23.6. The number of amides is 1. The van der Waals surface area contributed by atoms with Gasteiger partial charge >= 0.3 is 6.16 Å². The van der Waals surface area contributed by atoms with Gasteiger partial charge in [-0.1, -0.05) is 36.4 Å². The number of benzene rings is 2. The Balaban J connectivity index is 0.000000947. The summed E-state index contributed by atoms with van der Waals surface area (Å²) >= 11 is 0. The number of carbonyl (C=O) groups is 2. The smallest absolute Gasteiger partial charge is 0.450 e. The first kappa shape index (κ1) is 30.9. The van der Waals surface area contributed by atoms with E-state index in [0.717, 1.165) is 19.3 Å². The van der Waals surface area contributed by atoms with Gasteiger partial charge in [-0.25, -0.2) is 13.2 Å². The van der Waals surface area contributed by atoms with E-state index in [1.807, 2.05) is 0 Å². The number of para-hydroxylation sites is 1. The van der Waals surface area contributed by atoms with Gasteiger partial charge in [-0.05, 0) is 43.0 Å². The first-order valence-corrected chi connectivity index (χ1v) is 13.0. The Bertz CT molecular complexity index is 1420. The average molecular weight is 656 g/mol. The van der Waals surface area contributed by atoms with Crippen LogP contribution in [0, 0.1) is 5.41 Å². The van der Waals surface area contributed by atoms with Crippen molar-refractivity contribution in [3.05, 3.63) is 71.9 Å². The van der Waals surface area contributed by atoms with Gasteiger partial charge in [0.25, 0.3) is 5.91 Å². The number of rotatable bonds is 6. The van der Waals surface area contributed by atoms with Crippen molar-refractivity contribution in [2.75, 3.05) is 13.1 Å². The van der Waals surface area contributed by atoms with Crippen LogP contribution >= 0.6 is 24.0 Å². The molecule has 4 rings (SSSR count). The van der Waals surface area contributed by atoms with Crippen LogP contribution in [-0.4, -0.2) is 64.4 Å². The van der Waals surface area contributed by atoms with E-state index in [1.165, 1.54) is 12.3 Å². The molecule has 2 heterocycles. The number of amidine groups is 1. The van der Waals surface area contributed by atoms with Crippen molar-refractivity contribution in [2.24, 2.45) is 11.5 Å². The number of nitrogens with two attached hydrogens (primary N) is 2. The molecule has 13 heteroatoms. The van der Waals surface area contributed by atoms with Crippen molar-refractivity contribution in [1.82, 2.24) is 9.88 Å². The van der Waals surface area contributed by atoms with Crippen LogP contribution in [0.1, 0.15) is 30.4 Å². The topological polar surface area (TPSA) is 201 Å². The number of nitrogens with zero attached hydrogens (tertiary/aromatic N) is 2. The molecule has 3 aromatic rings. The number of halogens is 1. The number of hydrogen-bond donors (Lipinski definition) is 5. The lowest BCUT2D eigenvalue weighted by atomic mass is 10.0. The van der Waals surface area contributed by atoms with Gasteiger partial charge < -0.3 is 26.6 Å². The number of carbonyl (C=O) groups excluding carboxylic acids is 1. The molecule has 0 aliphatic carbocycles. The number of nitrogens with one attached hydrogen (secondary N) is 1. The predicted octanol–water partition coefficient (Wildman–Crippen LogP) is 3.04. The van der Waals surface area contributed by atoms with Crippen LogP contribution in [-0.2, 0) is 21.1 Å². The Kier molecular flexibility index (Phi) is 10.6. The molecule has 1 amide bonds. The van der Waals surface area contributed by atoms with Crippen LogP contribution in [0.2, 0.25) is 0 Å². The van der Waals surface area contributed by atoms with Crippen LogP contribution in [0.25, 0.3) is 10.9 Å². The van der Waals surface area contributed by atoms with E-state index in [-0.39, 0.29) is 46.6 Å². The van der Waals surface area contributed by atoms with Gasteiger partial charge in [0.2, 0.25) is 14.7 Å². The molecule has 0 unspecified atom stereocenters. The Morgan fingerprint density at radius 2 is 1.63 bits per heavy atom. The second kappa shape index (κ2) is 13.0. The van der Waals surface area contributed by atoms with Gasteiger partial charge in [-0.3, -0.25) is 15.2 Å². The maximum Gasteiger partial charge on any atom is 0.503 e. The fourth-order valence-corrected chi connectivity index (χ4v) is 6.08. The van der Waals surface area contributed by atoms with E-state index >= 15 is 0 Å². The molecule has 1 aliphatic rings. The Hall–Kier alpha value is -3.30. The molecule has 7 N–H and O–H groups in total. The minimum absolute atomic E-state index is 0. The molecule has 1 aliphatic heterocycles. The molecule has 1 saturated heterocycles. The maximum absolute atomic E-state index is 14.1. The van der Waals surface area contributed by atoms with Crippen LogP contribution < -0.4 is 11.5 Å². The maximum atomic E-state index is 14.1. The zero-order chi connectivity index (χ0) is 27.2. The van der Waals surface area contributed by atoms with Gasteiger partial charge in [0.15, 0.2) is 0 Å². The monoisotopic (exact) mass is 655 g/mol. The van der Waals surface area contributed by atoms with Crippen LogP contribution in [0.5, 0.6) is 0 Å². The first-order chi connectivity index (χ1) is 17.5. The standard InChI is InChI=1S/C24H27N5O3S.CH2O3.HI/c25-22(26)19-9-4-7-17(15-19)16-24(27,23(30)29-13-2-1-3-14-29)33(31,32)20-11-5-8-18-10-6-12-28-21(18)20;2-1(3)4;/h4-12,15H,1-3,13-14,16,27H2,(H3,25,26);(H2,2,3,4);1H/t24-;;/m1../s1. The Morgan fingerprint density at radius 1 is 1.03 bits per heavy atom. The van der Waals surface area contributed by atoms with E-state index in [4.69, 9.17) is 31.9 Å². The summed E-state index contributed by atoms with van der Waals surface area (Å²) in [6.45, 7) is 0.934. The third-order valence-electron chi connectivity index (χ3n) is 6.07. The number of nitrogen functional groups attached to an aromatic ring is 1. The van der Waals surface area contributed by atoms with Crippen molar-refractivity contribution in [3.8, 4) is 0 Å². The van der Waals surface area contributed by atoms with E-state index in [0.29, 0.717) is 29.6 Å². The van der Waals surface area contributed by atoms with Crippen molar-refractivity contribution in [1.29, 1.82) is 5.41 Å². The molecule has 0 spiro atoms. The molecule has 1 aromatic heterocycles. The number of piperidine rings is 1. The number of pyridine rings is 1. The number of fused-ring (bicyclic) bond motifs is 1. The minimum Gasteiger partial charge on any atom is -0.450 e. The van der Waals surface area contributed by atoms with Gasteiger partial charge in [-0.2, -0.15) is 0 Å². The lowest BCUT2D eigenvalue weighted by molar-refractivity contribution is -0.134. The lowest BCUT2D eigenvalue weighted by Gasteiger charge is -2.36. The van der Waals surface area contributed by atoms with E-state index in [2.05, 4.69) is 4.98 Å². The van der Waals surface area contributed by atoms with Crippen molar-refractivity contribution < 1.29 is 28.2 Å². The molecule has 0 radical (unpaired) electrons. The van der Waals surface area contributed by atoms with Gasteiger partial charge in [0, 0.05) is 36.7 Å². The molecule has 1 fully saturated rings. The third-order valence-corrected chi connectivity index (χ3v) is 8.26. The summed E-state index contributed by atoms with van der Waals surface area (Å²) in [6, 6.07) is 14.9. The predicted molar refractivity (Wildman–Crippen MR) is 154 cm³/mol. The number of carboxylic acid groups (broad SMARTS) is 2. The second-order valence-corrected chi connectivity index (χ2v) is 10.8.